The molecule has 0 radical (unpaired) electrons. The lowest BCUT2D eigenvalue weighted by Crippen LogP contribution is -2.04. The van der Waals surface area contributed by atoms with Gasteiger partial charge in [0.25, 0.3) is 0 Å². The molecule has 6 nitrogen and oxygen atoms in total. The van der Waals surface area contributed by atoms with Gasteiger partial charge >= 0.3 is 0 Å². The third kappa shape index (κ3) is 1.61. The van der Waals surface area contributed by atoms with Crippen LogP contribution >= 0.6 is 0 Å². The predicted octanol–water partition coefficient (Wildman–Crippen LogP) is 2.26. The van der Waals surface area contributed by atoms with E-state index >= 15 is 0 Å². The average Bonchev–Trinajstić information content (AvgIpc) is 3.06. The molecule has 20 heavy (non-hydrogen) atoms. The first-order chi connectivity index (χ1) is 9.72. The first-order valence-electron chi connectivity index (χ1n) is 6.93. The summed E-state index contributed by atoms with van der Waals surface area (Å²) in [6, 6.07) is 4.38. The van der Waals surface area contributed by atoms with Gasteiger partial charge in [-0.2, -0.15) is 10.1 Å². The van der Waals surface area contributed by atoms with E-state index in [4.69, 9.17) is 11.5 Å². The van der Waals surface area contributed by atoms with Crippen LogP contribution in [0.3, 0.4) is 0 Å². The van der Waals surface area contributed by atoms with Crippen LogP contribution in [0.5, 0.6) is 0 Å². The van der Waals surface area contributed by atoms with Gasteiger partial charge in [-0.25, -0.2) is 4.98 Å². The number of fused-ring (bicyclic) bond motifs is 3. The summed E-state index contributed by atoms with van der Waals surface area (Å²) in [4.78, 5) is 8.31. The smallest absolute Gasteiger partial charge is 0.222 e. The molecule has 1 aliphatic carbocycles. The molecule has 2 aromatic heterocycles. The number of benzene rings is 1. The van der Waals surface area contributed by atoms with Crippen molar-refractivity contribution in [3.8, 4) is 0 Å². The van der Waals surface area contributed by atoms with Crippen LogP contribution in [0.15, 0.2) is 18.3 Å². The maximum Gasteiger partial charge on any atom is 0.222 e. The van der Waals surface area contributed by atoms with Crippen LogP contribution in [0.4, 0.5) is 11.8 Å². The number of hydrogen-bond acceptors (Lipinski definition) is 5. The second-order valence-corrected chi connectivity index (χ2v) is 5.41. The summed E-state index contributed by atoms with van der Waals surface area (Å²) in [6.07, 6.45) is 7.03. The number of anilines is 2. The van der Waals surface area contributed by atoms with Crippen molar-refractivity contribution in [1.29, 1.82) is 0 Å². The number of nitrogens with two attached hydrogens (primary N) is 2. The van der Waals surface area contributed by atoms with Crippen LogP contribution in [0.25, 0.3) is 21.8 Å². The van der Waals surface area contributed by atoms with E-state index in [2.05, 4.69) is 25.9 Å². The molecule has 1 fully saturated rings. The highest BCUT2D eigenvalue weighted by atomic mass is 15.3. The van der Waals surface area contributed by atoms with Gasteiger partial charge in [-0.05, 0) is 25.0 Å². The predicted molar refractivity (Wildman–Crippen MR) is 79.2 cm³/mol. The third-order valence-electron chi connectivity index (χ3n) is 4.11. The molecular weight excluding hydrogens is 252 g/mol. The highest BCUT2D eigenvalue weighted by molar-refractivity contribution is 6.09. The largest absolute Gasteiger partial charge is 0.383 e. The molecule has 2 heterocycles. The van der Waals surface area contributed by atoms with E-state index in [9.17, 15) is 0 Å². The molecule has 1 saturated carbocycles. The quantitative estimate of drug-likeness (QED) is 0.705. The number of nitrogens with zero attached hydrogens (tertiary/aromatic N) is 4. The van der Waals surface area contributed by atoms with Gasteiger partial charge in [-0.3, -0.25) is 4.68 Å². The van der Waals surface area contributed by atoms with Crippen LogP contribution in [-0.2, 0) is 0 Å². The number of hydrogen-bond donors (Lipinski definition) is 2. The Hall–Kier alpha value is -2.37. The molecule has 0 unspecified atom stereocenters. The zero-order chi connectivity index (χ0) is 13.7. The van der Waals surface area contributed by atoms with Crippen LogP contribution in [0.1, 0.15) is 31.7 Å². The summed E-state index contributed by atoms with van der Waals surface area (Å²) in [7, 11) is 0. The Morgan fingerprint density at radius 1 is 1.05 bits per heavy atom. The van der Waals surface area contributed by atoms with Gasteiger partial charge in [-0.15, -0.1) is 0 Å². The van der Waals surface area contributed by atoms with Gasteiger partial charge in [0.05, 0.1) is 22.5 Å². The Morgan fingerprint density at radius 3 is 2.60 bits per heavy atom. The zero-order valence-electron chi connectivity index (χ0n) is 11.1. The number of rotatable bonds is 1. The molecule has 0 bridgehead atoms. The summed E-state index contributed by atoms with van der Waals surface area (Å²) < 4.78 is 2.08. The molecule has 3 aromatic rings. The van der Waals surface area contributed by atoms with E-state index in [0.717, 1.165) is 21.8 Å². The molecule has 0 amide bonds. The molecular formula is C14H16N6. The Labute approximate surface area is 115 Å². The van der Waals surface area contributed by atoms with Crippen molar-refractivity contribution < 1.29 is 0 Å². The minimum absolute atomic E-state index is 0.206. The first-order valence-corrected chi connectivity index (χ1v) is 6.93. The first kappa shape index (κ1) is 11.5. The average molecular weight is 268 g/mol. The highest BCUT2D eigenvalue weighted by Gasteiger charge is 2.19. The fraction of sp³-hybridized carbons (Fsp3) is 0.357. The topological polar surface area (TPSA) is 95.6 Å². The molecule has 0 atom stereocenters. The SMILES string of the molecule is Nc1nc(N)c2c(ccc3nn(C4CCCC4)cc32)n1. The van der Waals surface area contributed by atoms with Crippen LogP contribution in [0, 0.1) is 0 Å². The van der Waals surface area contributed by atoms with E-state index in [1.165, 1.54) is 25.7 Å². The molecule has 1 aromatic carbocycles. The van der Waals surface area contributed by atoms with Crippen molar-refractivity contribution in [1.82, 2.24) is 19.7 Å². The lowest BCUT2D eigenvalue weighted by atomic mass is 10.1. The van der Waals surface area contributed by atoms with Gasteiger partial charge in [0.2, 0.25) is 5.95 Å². The van der Waals surface area contributed by atoms with Crippen molar-refractivity contribution >= 4 is 33.6 Å². The van der Waals surface area contributed by atoms with Crippen molar-refractivity contribution in [3.63, 3.8) is 0 Å². The van der Waals surface area contributed by atoms with Crippen LogP contribution in [-0.4, -0.2) is 19.7 Å². The molecule has 102 valence electrons. The highest BCUT2D eigenvalue weighted by Crippen LogP contribution is 2.33. The van der Waals surface area contributed by atoms with E-state index < -0.39 is 0 Å². The molecule has 0 aliphatic heterocycles. The Balaban J connectivity index is 1.99. The van der Waals surface area contributed by atoms with Crippen LogP contribution < -0.4 is 11.5 Å². The summed E-state index contributed by atoms with van der Waals surface area (Å²) in [5, 5.41) is 6.54. The Morgan fingerprint density at radius 2 is 1.80 bits per heavy atom. The second kappa shape index (κ2) is 4.06. The summed E-state index contributed by atoms with van der Waals surface area (Å²) in [6.45, 7) is 0. The lowest BCUT2D eigenvalue weighted by Gasteiger charge is -2.08. The van der Waals surface area contributed by atoms with Crippen molar-refractivity contribution in [2.75, 3.05) is 11.5 Å². The minimum Gasteiger partial charge on any atom is -0.383 e. The van der Waals surface area contributed by atoms with Crippen molar-refractivity contribution in [2.24, 2.45) is 0 Å². The molecule has 4 N–H and O–H groups in total. The molecule has 6 heteroatoms. The van der Waals surface area contributed by atoms with Gasteiger partial charge in [0.15, 0.2) is 0 Å². The summed E-state index contributed by atoms with van der Waals surface area (Å²) in [5.41, 5.74) is 13.4. The van der Waals surface area contributed by atoms with Gasteiger partial charge in [0.1, 0.15) is 5.82 Å². The van der Waals surface area contributed by atoms with E-state index in [0.29, 0.717) is 11.9 Å². The normalized spacial score (nSPS) is 16.4. The zero-order valence-corrected chi connectivity index (χ0v) is 11.1. The number of nitrogen functional groups attached to an aromatic ring is 2. The molecule has 1 aliphatic rings. The minimum atomic E-state index is 0.206. The van der Waals surface area contributed by atoms with Crippen molar-refractivity contribution in [2.45, 2.75) is 31.7 Å². The monoisotopic (exact) mass is 268 g/mol. The summed E-state index contributed by atoms with van der Waals surface area (Å²) in [5.74, 6) is 0.626. The van der Waals surface area contributed by atoms with Gasteiger partial charge in [0, 0.05) is 11.6 Å². The van der Waals surface area contributed by atoms with Gasteiger partial charge in [-0.1, -0.05) is 12.8 Å². The lowest BCUT2D eigenvalue weighted by molar-refractivity contribution is 0.470. The maximum atomic E-state index is 6.02. The standard InChI is InChI=1S/C14H16N6/c15-13-12-9-7-20(8-3-1-2-4-8)19-10(9)5-6-11(12)17-14(16)18-13/h5-8H,1-4H2,(H4,15,16,17,18). The fourth-order valence-corrected chi connectivity index (χ4v) is 3.15. The van der Waals surface area contributed by atoms with E-state index in [1.807, 2.05) is 12.1 Å². The fourth-order valence-electron chi connectivity index (χ4n) is 3.15. The van der Waals surface area contributed by atoms with E-state index in [1.54, 1.807) is 0 Å². The third-order valence-corrected chi connectivity index (χ3v) is 4.11. The number of aromatic nitrogens is 4. The van der Waals surface area contributed by atoms with Crippen LogP contribution in [0.2, 0.25) is 0 Å². The second-order valence-electron chi connectivity index (χ2n) is 5.41. The molecule has 0 saturated heterocycles. The van der Waals surface area contributed by atoms with Crippen molar-refractivity contribution in [3.05, 3.63) is 18.3 Å². The Bertz CT molecular complexity index is 800. The maximum absolute atomic E-state index is 6.02. The van der Waals surface area contributed by atoms with E-state index in [-0.39, 0.29) is 5.95 Å². The Kier molecular flexibility index (Phi) is 2.33. The summed E-state index contributed by atoms with van der Waals surface area (Å²) >= 11 is 0. The molecule has 0 spiro atoms. The van der Waals surface area contributed by atoms with Gasteiger partial charge < -0.3 is 11.5 Å². The molecule has 4 rings (SSSR count).